The number of sulfonamides is 1. The Morgan fingerprint density at radius 1 is 1.05 bits per heavy atom. The summed E-state index contributed by atoms with van der Waals surface area (Å²) in [6.07, 6.45) is 1.74. The van der Waals surface area contributed by atoms with Gasteiger partial charge in [0.25, 0.3) is 0 Å². The Balaban J connectivity index is 1.93. The van der Waals surface area contributed by atoms with Gasteiger partial charge in [0.1, 0.15) is 5.75 Å². The standard InChI is InChI=1S/C17H19NO3S/c1-21-15-9-11-16(12-10-15)22(19,20)18-13-5-8-17(18)14-6-3-2-4-7-14/h2-4,6-7,9-12,17H,5,8,13H2,1H3. The molecule has 0 radical (unpaired) electrons. The third-order valence-electron chi connectivity index (χ3n) is 4.05. The zero-order valence-electron chi connectivity index (χ0n) is 12.5. The van der Waals surface area contributed by atoms with Gasteiger partial charge in [0, 0.05) is 6.54 Å². The third kappa shape index (κ3) is 2.74. The number of ether oxygens (including phenoxy) is 1. The minimum atomic E-state index is -3.48. The maximum absolute atomic E-state index is 12.9. The van der Waals surface area contributed by atoms with Crippen LogP contribution in [0.25, 0.3) is 0 Å². The molecule has 0 aliphatic carbocycles. The van der Waals surface area contributed by atoms with E-state index in [1.165, 1.54) is 0 Å². The van der Waals surface area contributed by atoms with Crippen LogP contribution < -0.4 is 4.74 Å². The Labute approximate surface area is 131 Å². The average Bonchev–Trinajstić information content (AvgIpc) is 3.06. The van der Waals surface area contributed by atoms with Gasteiger partial charge in [0.2, 0.25) is 10.0 Å². The van der Waals surface area contributed by atoms with Crippen LogP contribution in [0.15, 0.2) is 59.5 Å². The SMILES string of the molecule is COc1ccc(S(=O)(=O)N2CCCC2c2ccccc2)cc1. The fourth-order valence-electron chi connectivity index (χ4n) is 2.92. The van der Waals surface area contributed by atoms with Gasteiger partial charge in [-0.2, -0.15) is 4.31 Å². The van der Waals surface area contributed by atoms with Crippen molar-refractivity contribution in [1.29, 1.82) is 0 Å². The van der Waals surface area contributed by atoms with Crippen LogP contribution in [0.2, 0.25) is 0 Å². The lowest BCUT2D eigenvalue weighted by molar-refractivity contribution is 0.396. The van der Waals surface area contributed by atoms with Crippen LogP contribution in [0.3, 0.4) is 0 Å². The molecular weight excluding hydrogens is 298 g/mol. The van der Waals surface area contributed by atoms with E-state index in [0.29, 0.717) is 17.2 Å². The lowest BCUT2D eigenvalue weighted by Crippen LogP contribution is -2.30. The number of nitrogens with zero attached hydrogens (tertiary/aromatic N) is 1. The predicted molar refractivity (Wildman–Crippen MR) is 85.3 cm³/mol. The quantitative estimate of drug-likeness (QED) is 0.870. The van der Waals surface area contributed by atoms with Gasteiger partial charge < -0.3 is 4.74 Å². The van der Waals surface area contributed by atoms with E-state index in [2.05, 4.69) is 0 Å². The van der Waals surface area contributed by atoms with Crippen LogP contribution in [0.1, 0.15) is 24.4 Å². The number of methoxy groups -OCH3 is 1. The Bertz CT molecular complexity index is 726. The van der Waals surface area contributed by atoms with E-state index in [9.17, 15) is 8.42 Å². The Morgan fingerprint density at radius 3 is 2.36 bits per heavy atom. The minimum Gasteiger partial charge on any atom is -0.497 e. The largest absolute Gasteiger partial charge is 0.497 e. The Kier molecular flexibility index (Phi) is 4.18. The summed E-state index contributed by atoms with van der Waals surface area (Å²) in [6.45, 7) is 0.563. The van der Waals surface area contributed by atoms with E-state index in [4.69, 9.17) is 4.74 Å². The molecule has 5 heteroatoms. The van der Waals surface area contributed by atoms with Gasteiger partial charge in [-0.25, -0.2) is 8.42 Å². The van der Waals surface area contributed by atoms with Crippen molar-refractivity contribution in [2.75, 3.05) is 13.7 Å². The minimum absolute atomic E-state index is 0.0756. The van der Waals surface area contributed by atoms with Crippen molar-refractivity contribution < 1.29 is 13.2 Å². The molecule has 22 heavy (non-hydrogen) atoms. The second-order valence-electron chi connectivity index (χ2n) is 5.36. The summed E-state index contributed by atoms with van der Waals surface area (Å²) in [5, 5.41) is 0. The first-order valence-corrected chi connectivity index (χ1v) is 8.78. The summed E-state index contributed by atoms with van der Waals surface area (Å²) < 4.78 is 32.5. The van der Waals surface area contributed by atoms with E-state index in [-0.39, 0.29) is 6.04 Å². The molecule has 1 saturated heterocycles. The first-order chi connectivity index (χ1) is 10.6. The molecule has 0 saturated carbocycles. The van der Waals surface area contributed by atoms with Crippen molar-refractivity contribution in [2.45, 2.75) is 23.8 Å². The van der Waals surface area contributed by atoms with Crippen LogP contribution in [0, 0.1) is 0 Å². The summed E-state index contributed by atoms with van der Waals surface area (Å²) in [6, 6.07) is 16.3. The number of hydrogen-bond acceptors (Lipinski definition) is 3. The highest BCUT2D eigenvalue weighted by Crippen LogP contribution is 2.36. The molecule has 0 N–H and O–H groups in total. The molecule has 1 aliphatic rings. The molecule has 116 valence electrons. The highest BCUT2D eigenvalue weighted by Gasteiger charge is 2.35. The first-order valence-electron chi connectivity index (χ1n) is 7.34. The summed E-state index contributed by atoms with van der Waals surface area (Å²) >= 11 is 0. The fourth-order valence-corrected chi connectivity index (χ4v) is 4.60. The average molecular weight is 317 g/mol. The zero-order chi connectivity index (χ0) is 15.6. The molecule has 1 heterocycles. The van der Waals surface area contributed by atoms with Crippen molar-refractivity contribution in [3.05, 3.63) is 60.2 Å². The molecule has 1 unspecified atom stereocenters. The summed E-state index contributed by atoms with van der Waals surface area (Å²) in [5.74, 6) is 0.653. The second-order valence-corrected chi connectivity index (χ2v) is 7.25. The second kappa shape index (κ2) is 6.10. The lowest BCUT2D eigenvalue weighted by Gasteiger charge is -2.24. The van der Waals surface area contributed by atoms with Crippen LogP contribution in [-0.4, -0.2) is 26.4 Å². The molecule has 1 atom stereocenters. The summed E-state index contributed by atoms with van der Waals surface area (Å²) in [5.41, 5.74) is 1.05. The van der Waals surface area contributed by atoms with E-state index in [1.54, 1.807) is 35.7 Å². The monoisotopic (exact) mass is 317 g/mol. The van der Waals surface area contributed by atoms with Gasteiger partial charge in [-0.1, -0.05) is 30.3 Å². The first kappa shape index (κ1) is 15.1. The molecule has 1 aliphatic heterocycles. The smallest absolute Gasteiger partial charge is 0.243 e. The van der Waals surface area contributed by atoms with Gasteiger partial charge >= 0.3 is 0 Å². The lowest BCUT2D eigenvalue weighted by atomic mass is 10.1. The normalized spacial score (nSPS) is 19.2. The number of rotatable bonds is 4. The van der Waals surface area contributed by atoms with E-state index < -0.39 is 10.0 Å². The van der Waals surface area contributed by atoms with Crippen LogP contribution in [-0.2, 0) is 10.0 Å². The van der Waals surface area contributed by atoms with Crippen molar-refractivity contribution >= 4 is 10.0 Å². The molecule has 2 aromatic carbocycles. The summed E-state index contributed by atoms with van der Waals surface area (Å²) in [7, 11) is -1.92. The van der Waals surface area contributed by atoms with Crippen molar-refractivity contribution in [1.82, 2.24) is 4.31 Å². The Hall–Kier alpha value is -1.85. The third-order valence-corrected chi connectivity index (χ3v) is 5.98. The fraction of sp³-hybridized carbons (Fsp3) is 0.294. The highest BCUT2D eigenvalue weighted by atomic mass is 32.2. The van der Waals surface area contributed by atoms with Crippen LogP contribution in [0.4, 0.5) is 0 Å². The molecule has 0 bridgehead atoms. The molecule has 3 rings (SSSR count). The summed E-state index contributed by atoms with van der Waals surface area (Å²) in [4.78, 5) is 0.316. The zero-order valence-corrected chi connectivity index (χ0v) is 13.3. The van der Waals surface area contributed by atoms with Crippen molar-refractivity contribution in [3.63, 3.8) is 0 Å². The highest BCUT2D eigenvalue weighted by molar-refractivity contribution is 7.89. The molecule has 0 amide bonds. The predicted octanol–water partition coefficient (Wildman–Crippen LogP) is 3.22. The van der Waals surface area contributed by atoms with Crippen molar-refractivity contribution in [2.24, 2.45) is 0 Å². The van der Waals surface area contributed by atoms with Gasteiger partial charge in [-0.15, -0.1) is 0 Å². The number of benzene rings is 2. The Morgan fingerprint density at radius 2 is 1.73 bits per heavy atom. The molecular formula is C17H19NO3S. The van der Waals surface area contributed by atoms with E-state index in [1.807, 2.05) is 30.3 Å². The van der Waals surface area contributed by atoms with Gasteiger partial charge in [0.05, 0.1) is 18.0 Å². The maximum atomic E-state index is 12.9. The van der Waals surface area contributed by atoms with Gasteiger partial charge in [-0.3, -0.25) is 0 Å². The topological polar surface area (TPSA) is 46.6 Å². The van der Waals surface area contributed by atoms with Gasteiger partial charge in [0.15, 0.2) is 0 Å². The molecule has 1 fully saturated rings. The van der Waals surface area contributed by atoms with E-state index in [0.717, 1.165) is 18.4 Å². The van der Waals surface area contributed by atoms with Crippen molar-refractivity contribution in [3.8, 4) is 5.75 Å². The van der Waals surface area contributed by atoms with E-state index >= 15 is 0 Å². The maximum Gasteiger partial charge on any atom is 0.243 e. The molecule has 0 spiro atoms. The molecule has 2 aromatic rings. The van der Waals surface area contributed by atoms with Crippen LogP contribution in [0.5, 0.6) is 5.75 Å². The molecule has 4 nitrogen and oxygen atoms in total. The van der Waals surface area contributed by atoms with Gasteiger partial charge in [-0.05, 0) is 42.7 Å². The van der Waals surface area contributed by atoms with Crippen LogP contribution >= 0.6 is 0 Å². The number of hydrogen-bond donors (Lipinski definition) is 0. The molecule has 0 aromatic heterocycles.